The van der Waals surface area contributed by atoms with Crippen molar-refractivity contribution in [2.45, 2.75) is 31.8 Å². The summed E-state index contributed by atoms with van der Waals surface area (Å²) in [6.07, 6.45) is 4.43. The summed E-state index contributed by atoms with van der Waals surface area (Å²) >= 11 is 5.99. The van der Waals surface area contributed by atoms with Crippen LogP contribution in [0.1, 0.15) is 24.0 Å². The highest BCUT2D eigenvalue weighted by atomic mass is 35.5. The van der Waals surface area contributed by atoms with Crippen LogP contribution in [0.15, 0.2) is 72.9 Å². The minimum atomic E-state index is -0.291. The molecular weight excluding hydrogens is 528 g/mol. The molecule has 0 saturated heterocycles. The molecule has 4 aromatic rings. The maximum atomic E-state index is 13.8. The minimum Gasteiger partial charge on any atom is -0.493 e. The van der Waals surface area contributed by atoms with Crippen LogP contribution in [0.4, 0.5) is 10.5 Å². The zero-order valence-electron chi connectivity index (χ0n) is 22.7. The highest BCUT2D eigenvalue weighted by Gasteiger charge is 2.35. The van der Waals surface area contributed by atoms with Gasteiger partial charge in [-0.2, -0.15) is 0 Å². The van der Waals surface area contributed by atoms with E-state index < -0.39 is 0 Å². The second-order valence-electron chi connectivity index (χ2n) is 9.91. The number of H-pyrrole nitrogens is 1. The Bertz CT molecular complexity index is 1480. The van der Waals surface area contributed by atoms with E-state index in [4.69, 9.17) is 21.1 Å². The molecule has 8 nitrogen and oxygen atoms in total. The number of hydrogen-bond donors (Lipinski definition) is 2. The molecule has 3 aromatic carbocycles. The molecular formula is C31H33ClN4O4. The molecule has 1 aliphatic carbocycles. The van der Waals surface area contributed by atoms with E-state index in [-0.39, 0.29) is 24.5 Å². The van der Waals surface area contributed by atoms with Crippen LogP contribution in [-0.4, -0.2) is 60.1 Å². The van der Waals surface area contributed by atoms with Crippen LogP contribution in [0, 0.1) is 0 Å². The average Bonchev–Trinajstić information content (AvgIpc) is 3.74. The third-order valence-corrected chi connectivity index (χ3v) is 7.40. The fourth-order valence-electron chi connectivity index (χ4n) is 4.81. The number of para-hydroxylation sites is 1. The summed E-state index contributed by atoms with van der Waals surface area (Å²) in [5, 5.41) is 4.64. The molecule has 40 heavy (non-hydrogen) atoms. The van der Waals surface area contributed by atoms with E-state index in [1.54, 1.807) is 43.4 Å². The number of urea groups is 1. The molecule has 2 N–H and O–H groups in total. The molecule has 0 aliphatic heterocycles. The van der Waals surface area contributed by atoms with E-state index in [1.165, 1.54) is 0 Å². The van der Waals surface area contributed by atoms with Gasteiger partial charge in [-0.15, -0.1) is 0 Å². The van der Waals surface area contributed by atoms with Crippen molar-refractivity contribution < 1.29 is 19.1 Å². The lowest BCUT2D eigenvalue weighted by Gasteiger charge is -2.28. The van der Waals surface area contributed by atoms with Gasteiger partial charge in [-0.05, 0) is 72.9 Å². The lowest BCUT2D eigenvalue weighted by Crippen LogP contribution is -2.45. The molecule has 0 radical (unpaired) electrons. The van der Waals surface area contributed by atoms with E-state index in [9.17, 15) is 9.59 Å². The van der Waals surface area contributed by atoms with Crippen molar-refractivity contribution in [2.24, 2.45) is 0 Å². The first-order valence-corrected chi connectivity index (χ1v) is 13.7. The smallest absolute Gasteiger partial charge is 0.322 e. The summed E-state index contributed by atoms with van der Waals surface area (Å²) in [6, 6.07) is 20.5. The number of ether oxygens (including phenoxy) is 2. The maximum Gasteiger partial charge on any atom is 0.322 e. The highest BCUT2D eigenvalue weighted by Crippen LogP contribution is 2.30. The first kappa shape index (κ1) is 27.4. The second kappa shape index (κ2) is 12.3. The van der Waals surface area contributed by atoms with Gasteiger partial charge in [-0.25, -0.2) is 4.79 Å². The monoisotopic (exact) mass is 560 g/mol. The summed E-state index contributed by atoms with van der Waals surface area (Å²) in [6.45, 7) is 0.858. The topological polar surface area (TPSA) is 86.9 Å². The summed E-state index contributed by atoms with van der Waals surface area (Å²) in [5.41, 5.74) is 3.75. The van der Waals surface area contributed by atoms with Crippen LogP contribution < -0.4 is 14.8 Å². The lowest BCUT2D eigenvalue weighted by molar-refractivity contribution is -0.132. The van der Waals surface area contributed by atoms with Crippen LogP contribution in [0.2, 0.25) is 5.02 Å². The van der Waals surface area contributed by atoms with Crippen molar-refractivity contribution >= 4 is 40.1 Å². The Morgan fingerprint density at radius 2 is 1.75 bits per heavy atom. The zero-order valence-corrected chi connectivity index (χ0v) is 23.4. The maximum absolute atomic E-state index is 13.8. The average molecular weight is 561 g/mol. The Balaban J connectivity index is 1.34. The van der Waals surface area contributed by atoms with Gasteiger partial charge in [0.25, 0.3) is 0 Å². The predicted octanol–water partition coefficient (Wildman–Crippen LogP) is 6.11. The van der Waals surface area contributed by atoms with Crippen molar-refractivity contribution in [1.82, 2.24) is 14.8 Å². The summed E-state index contributed by atoms with van der Waals surface area (Å²) in [5.74, 6) is 1.11. The molecule has 9 heteroatoms. The third-order valence-electron chi connectivity index (χ3n) is 7.15. The molecule has 1 fully saturated rings. The Hall–Kier alpha value is -4.17. The minimum absolute atomic E-state index is 0.00867. The van der Waals surface area contributed by atoms with Gasteiger partial charge in [-0.1, -0.05) is 35.9 Å². The molecule has 0 spiro atoms. The fourth-order valence-corrected chi connectivity index (χ4v) is 4.94. The van der Waals surface area contributed by atoms with E-state index in [0.29, 0.717) is 41.7 Å². The number of aromatic nitrogens is 1. The molecule has 5 rings (SSSR count). The number of aromatic amines is 1. The largest absolute Gasteiger partial charge is 0.493 e. The quantitative estimate of drug-likeness (QED) is 0.232. The van der Waals surface area contributed by atoms with Crippen molar-refractivity contribution in [3.05, 3.63) is 89.1 Å². The number of nitrogens with zero attached hydrogens (tertiary/aromatic N) is 2. The second-order valence-corrected chi connectivity index (χ2v) is 10.3. The number of carbonyl (C=O) groups is 2. The van der Waals surface area contributed by atoms with E-state index in [0.717, 1.165) is 34.9 Å². The molecule has 0 atom stereocenters. The van der Waals surface area contributed by atoms with Gasteiger partial charge in [0, 0.05) is 46.9 Å². The number of benzene rings is 3. The third kappa shape index (κ3) is 6.51. The number of anilines is 1. The Morgan fingerprint density at radius 3 is 2.48 bits per heavy atom. The van der Waals surface area contributed by atoms with Gasteiger partial charge in [0.05, 0.1) is 14.2 Å². The van der Waals surface area contributed by atoms with E-state index in [1.807, 2.05) is 47.5 Å². The highest BCUT2D eigenvalue weighted by molar-refractivity contribution is 6.30. The van der Waals surface area contributed by atoms with Crippen molar-refractivity contribution in [2.75, 3.05) is 32.6 Å². The summed E-state index contributed by atoms with van der Waals surface area (Å²) in [4.78, 5) is 33.8. The van der Waals surface area contributed by atoms with Crippen LogP contribution in [-0.2, 0) is 17.8 Å². The van der Waals surface area contributed by atoms with Gasteiger partial charge < -0.3 is 29.6 Å². The number of hydrogen-bond acceptors (Lipinski definition) is 4. The van der Waals surface area contributed by atoms with Gasteiger partial charge in [0.2, 0.25) is 5.91 Å². The van der Waals surface area contributed by atoms with Crippen LogP contribution >= 0.6 is 11.6 Å². The van der Waals surface area contributed by atoms with Gasteiger partial charge >= 0.3 is 6.03 Å². The Morgan fingerprint density at radius 1 is 1.00 bits per heavy atom. The molecule has 3 amide bonds. The van der Waals surface area contributed by atoms with Gasteiger partial charge in [0.1, 0.15) is 6.54 Å². The van der Waals surface area contributed by atoms with Crippen LogP contribution in [0.3, 0.4) is 0 Å². The lowest BCUT2D eigenvalue weighted by atomic mass is 10.1. The molecule has 208 valence electrons. The number of carbonyl (C=O) groups excluding carboxylic acids is 2. The number of methoxy groups -OCH3 is 2. The number of amides is 3. The van der Waals surface area contributed by atoms with Gasteiger partial charge in [-0.3, -0.25) is 4.79 Å². The molecule has 1 saturated carbocycles. The molecule has 0 bridgehead atoms. The van der Waals surface area contributed by atoms with Gasteiger partial charge in [0.15, 0.2) is 11.5 Å². The summed E-state index contributed by atoms with van der Waals surface area (Å²) in [7, 11) is 3.19. The SMILES string of the molecule is COc1ccc(CN(CCc2c[nH]c3ccccc23)C(=O)CN(C(=O)Nc2ccc(Cl)cc2)C2CC2)cc1OC. The van der Waals surface area contributed by atoms with Crippen LogP contribution in [0.5, 0.6) is 11.5 Å². The molecule has 1 heterocycles. The van der Waals surface area contributed by atoms with E-state index >= 15 is 0 Å². The Labute approximate surface area is 238 Å². The van der Waals surface area contributed by atoms with Crippen molar-refractivity contribution in [1.29, 1.82) is 0 Å². The first-order valence-electron chi connectivity index (χ1n) is 13.3. The summed E-state index contributed by atoms with van der Waals surface area (Å²) < 4.78 is 10.9. The predicted molar refractivity (Wildman–Crippen MR) is 157 cm³/mol. The molecule has 0 unspecified atom stereocenters. The first-order chi connectivity index (χ1) is 19.4. The molecule has 1 aliphatic rings. The number of fused-ring (bicyclic) bond motifs is 1. The normalized spacial score (nSPS) is 12.7. The van der Waals surface area contributed by atoms with E-state index in [2.05, 4.69) is 16.4 Å². The van der Waals surface area contributed by atoms with Crippen molar-refractivity contribution in [3.63, 3.8) is 0 Å². The molecule has 1 aromatic heterocycles. The standard InChI is InChI=1S/C31H33ClN4O4/c1-39-28-14-7-21(17-29(28)40-2)19-35(16-15-22-18-33-27-6-4-3-5-26(22)27)30(37)20-36(25-12-13-25)31(38)34-24-10-8-23(32)9-11-24/h3-11,14,17-18,25,33H,12-13,15-16,19-20H2,1-2H3,(H,34,38). The number of nitrogens with one attached hydrogen (secondary N) is 2. The van der Waals surface area contributed by atoms with Crippen molar-refractivity contribution in [3.8, 4) is 11.5 Å². The Kier molecular flexibility index (Phi) is 8.45. The zero-order chi connectivity index (χ0) is 28.1. The number of halogens is 1. The fraction of sp³-hybridized carbons (Fsp3) is 0.290. The number of rotatable bonds is 11. The van der Waals surface area contributed by atoms with Crippen LogP contribution in [0.25, 0.3) is 10.9 Å².